The summed E-state index contributed by atoms with van der Waals surface area (Å²) in [5.74, 6) is 1.50. The van der Waals surface area contributed by atoms with E-state index in [1.165, 1.54) is 0 Å². The molecule has 1 aromatic heterocycles. The molecular weight excluding hydrogens is 366 g/mol. The van der Waals surface area contributed by atoms with Crippen molar-refractivity contribution in [2.75, 3.05) is 18.2 Å². The molecule has 6 nitrogen and oxygen atoms in total. The molecule has 3 heterocycles. The first-order valence-corrected chi connectivity index (χ1v) is 9.74. The van der Waals surface area contributed by atoms with Crippen LogP contribution in [0.1, 0.15) is 41.4 Å². The van der Waals surface area contributed by atoms with Crippen molar-refractivity contribution in [2.45, 2.75) is 25.3 Å². The molecule has 0 aliphatic carbocycles. The second-order valence-corrected chi connectivity index (χ2v) is 7.11. The van der Waals surface area contributed by atoms with Crippen LogP contribution in [-0.4, -0.2) is 13.2 Å². The second kappa shape index (κ2) is 7.72. The summed E-state index contributed by atoms with van der Waals surface area (Å²) >= 11 is 0. The highest BCUT2D eigenvalue weighted by Gasteiger charge is 2.32. The van der Waals surface area contributed by atoms with E-state index in [0.717, 1.165) is 29.0 Å². The lowest BCUT2D eigenvalue weighted by molar-refractivity contribution is -0.191. The topological polar surface area (TPSA) is 51.2 Å². The SMILES string of the molecule is [C-]#[N+]c1ccccc1CN1NC(c2ccc(C3OCCCO3)o2)c2ccccc21. The maximum Gasteiger partial charge on any atom is 0.217 e. The Balaban J connectivity index is 1.42. The molecule has 3 aromatic rings. The predicted octanol–water partition coefficient (Wildman–Crippen LogP) is 4.88. The van der Waals surface area contributed by atoms with Gasteiger partial charge < -0.3 is 18.9 Å². The molecule has 2 aliphatic rings. The molecule has 0 spiro atoms. The lowest BCUT2D eigenvalue weighted by Gasteiger charge is -2.22. The lowest BCUT2D eigenvalue weighted by atomic mass is 10.0. The Kier molecular flexibility index (Phi) is 4.78. The fourth-order valence-electron chi connectivity index (χ4n) is 3.85. The van der Waals surface area contributed by atoms with Gasteiger partial charge in [0, 0.05) is 5.56 Å². The normalized spacial score (nSPS) is 19.1. The van der Waals surface area contributed by atoms with E-state index in [2.05, 4.69) is 27.4 Å². The van der Waals surface area contributed by atoms with Gasteiger partial charge in [-0.3, -0.25) is 0 Å². The van der Waals surface area contributed by atoms with Gasteiger partial charge in [-0.2, -0.15) is 0 Å². The molecule has 2 aromatic carbocycles. The van der Waals surface area contributed by atoms with Gasteiger partial charge in [-0.05, 0) is 30.2 Å². The van der Waals surface area contributed by atoms with Crippen LogP contribution in [0.3, 0.4) is 0 Å². The standard InChI is InChI=1S/C23H21N3O3/c1-24-18-9-4-2-7-16(18)15-26-19-10-5-3-8-17(19)22(25-26)20-11-12-21(29-20)23-27-13-6-14-28-23/h2-5,7-12,22-23,25H,6,13-15H2. The first-order chi connectivity index (χ1) is 14.3. The third-order valence-corrected chi connectivity index (χ3v) is 5.26. The van der Waals surface area contributed by atoms with Gasteiger partial charge in [-0.1, -0.05) is 42.5 Å². The van der Waals surface area contributed by atoms with Crippen LogP contribution in [0.4, 0.5) is 11.4 Å². The zero-order valence-electron chi connectivity index (χ0n) is 15.9. The second-order valence-electron chi connectivity index (χ2n) is 7.11. The summed E-state index contributed by atoms with van der Waals surface area (Å²) in [5, 5.41) is 2.08. The van der Waals surface area contributed by atoms with Gasteiger partial charge in [0.05, 0.1) is 32.0 Å². The Morgan fingerprint density at radius 1 is 0.966 bits per heavy atom. The molecule has 1 saturated heterocycles. The number of nitrogens with zero attached hydrogens (tertiary/aromatic N) is 2. The minimum atomic E-state index is -0.434. The molecule has 6 heteroatoms. The highest BCUT2D eigenvalue weighted by atomic mass is 16.7. The van der Waals surface area contributed by atoms with Gasteiger partial charge in [0.15, 0.2) is 11.4 Å². The fraction of sp³-hybridized carbons (Fsp3) is 0.261. The zero-order valence-corrected chi connectivity index (χ0v) is 15.9. The number of hydrogen-bond acceptors (Lipinski definition) is 5. The monoisotopic (exact) mass is 387 g/mol. The molecular formula is C23H21N3O3. The molecule has 5 rings (SSSR count). The highest BCUT2D eigenvalue weighted by molar-refractivity contribution is 5.62. The van der Waals surface area contributed by atoms with Crippen LogP contribution in [0.5, 0.6) is 0 Å². The third-order valence-electron chi connectivity index (χ3n) is 5.26. The van der Waals surface area contributed by atoms with Gasteiger partial charge in [-0.15, -0.1) is 0 Å². The molecule has 2 aliphatic heterocycles. The Hall–Kier alpha value is -3.11. The minimum Gasteiger partial charge on any atom is -0.459 e. The van der Waals surface area contributed by atoms with Crippen molar-refractivity contribution < 1.29 is 13.9 Å². The summed E-state index contributed by atoms with van der Waals surface area (Å²) in [4.78, 5) is 3.65. The maximum atomic E-state index is 7.43. The van der Waals surface area contributed by atoms with Gasteiger partial charge in [0.25, 0.3) is 0 Å². The fourth-order valence-corrected chi connectivity index (χ4v) is 3.85. The van der Waals surface area contributed by atoms with Crippen molar-refractivity contribution in [2.24, 2.45) is 0 Å². The van der Waals surface area contributed by atoms with Crippen LogP contribution in [-0.2, 0) is 16.0 Å². The largest absolute Gasteiger partial charge is 0.459 e. The van der Waals surface area contributed by atoms with E-state index in [4.69, 9.17) is 20.5 Å². The number of rotatable bonds is 4. The van der Waals surface area contributed by atoms with E-state index in [9.17, 15) is 0 Å². The molecule has 146 valence electrons. The number of benzene rings is 2. The van der Waals surface area contributed by atoms with Crippen LogP contribution in [0.2, 0.25) is 0 Å². The number of nitrogens with one attached hydrogen (secondary N) is 1. The number of anilines is 1. The number of hydrazine groups is 1. The van der Waals surface area contributed by atoms with Crippen LogP contribution < -0.4 is 10.4 Å². The maximum absolute atomic E-state index is 7.43. The molecule has 1 fully saturated rings. The number of ether oxygens (including phenoxy) is 2. The van der Waals surface area contributed by atoms with Gasteiger partial charge in [-0.25, -0.2) is 10.3 Å². The Morgan fingerprint density at radius 3 is 2.59 bits per heavy atom. The molecule has 0 amide bonds. The summed E-state index contributed by atoms with van der Waals surface area (Å²) in [5.41, 5.74) is 7.42. The number of hydrogen-bond donors (Lipinski definition) is 1. The average molecular weight is 387 g/mol. The van der Waals surface area contributed by atoms with E-state index in [-0.39, 0.29) is 6.04 Å². The minimum absolute atomic E-state index is 0.108. The third kappa shape index (κ3) is 3.40. The molecule has 0 radical (unpaired) electrons. The summed E-state index contributed by atoms with van der Waals surface area (Å²) in [6.07, 6.45) is 0.471. The van der Waals surface area contributed by atoms with Crippen molar-refractivity contribution in [3.8, 4) is 0 Å². The quantitative estimate of drug-likeness (QED) is 0.647. The average Bonchev–Trinajstić information content (AvgIpc) is 3.40. The van der Waals surface area contributed by atoms with E-state index >= 15 is 0 Å². The molecule has 29 heavy (non-hydrogen) atoms. The first kappa shape index (κ1) is 18.0. The molecule has 0 bridgehead atoms. The summed E-state index contributed by atoms with van der Waals surface area (Å²) in [6, 6.07) is 19.7. The Labute approximate surface area is 169 Å². The van der Waals surface area contributed by atoms with Crippen LogP contribution in [0.15, 0.2) is 65.1 Å². The molecule has 1 N–H and O–H groups in total. The predicted molar refractivity (Wildman–Crippen MR) is 108 cm³/mol. The van der Waals surface area contributed by atoms with Crippen molar-refractivity contribution >= 4 is 11.4 Å². The van der Waals surface area contributed by atoms with Crippen LogP contribution in [0, 0.1) is 6.57 Å². The number of furan rings is 1. The molecule has 0 saturated carbocycles. The number of fused-ring (bicyclic) bond motifs is 1. The van der Waals surface area contributed by atoms with Gasteiger partial charge >= 0.3 is 0 Å². The van der Waals surface area contributed by atoms with Crippen molar-refractivity contribution in [1.29, 1.82) is 0 Å². The summed E-state index contributed by atoms with van der Waals surface area (Å²) in [7, 11) is 0. The smallest absolute Gasteiger partial charge is 0.217 e. The van der Waals surface area contributed by atoms with E-state index in [1.54, 1.807) is 0 Å². The Morgan fingerprint density at radius 2 is 1.72 bits per heavy atom. The zero-order chi connectivity index (χ0) is 19.6. The first-order valence-electron chi connectivity index (χ1n) is 9.74. The summed E-state index contributed by atoms with van der Waals surface area (Å²) < 4.78 is 17.4. The van der Waals surface area contributed by atoms with E-state index in [0.29, 0.717) is 31.2 Å². The van der Waals surface area contributed by atoms with Crippen molar-refractivity contribution in [3.63, 3.8) is 0 Å². The van der Waals surface area contributed by atoms with Crippen LogP contribution >= 0.6 is 0 Å². The molecule has 1 unspecified atom stereocenters. The Bertz CT molecular complexity index is 1050. The van der Waals surface area contributed by atoms with Gasteiger partial charge in [0.2, 0.25) is 6.29 Å². The van der Waals surface area contributed by atoms with Crippen molar-refractivity contribution in [1.82, 2.24) is 5.43 Å². The van der Waals surface area contributed by atoms with Crippen LogP contribution in [0.25, 0.3) is 4.85 Å². The van der Waals surface area contributed by atoms with Crippen molar-refractivity contribution in [3.05, 3.63) is 94.7 Å². The molecule has 1 atom stereocenters. The highest BCUT2D eigenvalue weighted by Crippen LogP contribution is 2.39. The van der Waals surface area contributed by atoms with Gasteiger partial charge in [0.1, 0.15) is 11.8 Å². The lowest BCUT2D eigenvalue weighted by Crippen LogP contribution is -2.34. The summed E-state index contributed by atoms with van der Waals surface area (Å²) in [6.45, 7) is 9.38. The van der Waals surface area contributed by atoms with E-state index in [1.807, 2.05) is 48.5 Å². The number of para-hydroxylation sites is 2. The van der Waals surface area contributed by atoms with E-state index < -0.39 is 6.29 Å².